The highest BCUT2D eigenvalue weighted by atomic mass is 79.9. The minimum atomic E-state index is -0.221. The van der Waals surface area contributed by atoms with Gasteiger partial charge in [0, 0.05) is 11.1 Å². The van der Waals surface area contributed by atoms with Crippen molar-refractivity contribution in [2.75, 3.05) is 18.5 Å². The molecule has 0 radical (unpaired) electrons. The predicted octanol–water partition coefficient (Wildman–Crippen LogP) is 5.06. The first-order valence-electron chi connectivity index (χ1n) is 9.98. The maximum atomic E-state index is 13.0. The Morgan fingerprint density at radius 2 is 2.07 bits per heavy atom. The van der Waals surface area contributed by atoms with E-state index in [-0.39, 0.29) is 12.0 Å². The minimum Gasteiger partial charge on any atom is -0.489 e. The topological polar surface area (TPSA) is 65.4 Å². The summed E-state index contributed by atoms with van der Waals surface area (Å²) in [6.45, 7) is 5.14. The summed E-state index contributed by atoms with van der Waals surface area (Å²) < 4.78 is 14.4. The molecule has 1 fully saturated rings. The van der Waals surface area contributed by atoms with E-state index >= 15 is 0 Å². The maximum Gasteiger partial charge on any atom is 0.259 e. The Balaban J connectivity index is 1.52. The van der Waals surface area contributed by atoms with Crippen molar-refractivity contribution >= 4 is 27.5 Å². The zero-order valence-corrected chi connectivity index (χ0v) is 18.6. The van der Waals surface area contributed by atoms with Gasteiger partial charge in [0.1, 0.15) is 12.4 Å². The number of aromatic nitrogens is 2. The summed E-state index contributed by atoms with van der Waals surface area (Å²) in [5.41, 5.74) is 3.88. The number of aryl methyl sites for hydroxylation is 1. The molecular weight excluding hydrogens is 446 g/mol. The smallest absolute Gasteiger partial charge is 0.259 e. The molecule has 0 spiro atoms. The second kappa shape index (κ2) is 9.02. The first-order chi connectivity index (χ1) is 14.5. The fourth-order valence-corrected chi connectivity index (χ4v) is 3.74. The highest BCUT2D eigenvalue weighted by Crippen LogP contribution is 2.28. The normalized spacial score (nSPS) is 15.9. The SMILES string of the molecule is Cc1ccc(NC(=O)c2cnn(-c3ccc(Br)cc3)c2C)c(OCC2CCCO2)c1. The van der Waals surface area contributed by atoms with Crippen molar-refractivity contribution in [2.45, 2.75) is 32.8 Å². The fraction of sp³-hybridized carbons (Fsp3) is 0.304. The van der Waals surface area contributed by atoms with Gasteiger partial charge in [-0.15, -0.1) is 0 Å². The molecule has 1 aliphatic heterocycles. The van der Waals surface area contributed by atoms with Gasteiger partial charge in [0.25, 0.3) is 5.91 Å². The number of benzene rings is 2. The Morgan fingerprint density at radius 1 is 1.27 bits per heavy atom. The van der Waals surface area contributed by atoms with Gasteiger partial charge in [0.05, 0.1) is 34.9 Å². The van der Waals surface area contributed by atoms with Crippen molar-refractivity contribution < 1.29 is 14.3 Å². The van der Waals surface area contributed by atoms with Crippen molar-refractivity contribution in [1.82, 2.24) is 9.78 Å². The molecule has 2 aromatic carbocycles. The lowest BCUT2D eigenvalue weighted by Crippen LogP contribution is -2.18. The third kappa shape index (κ3) is 4.57. The number of hydrogen-bond donors (Lipinski definition) is 1. The van der Waals surface area contributed by atoms with Gasteiger partial charge >= 0.3 is 0 Å². The summed E-state index contributed by atoms with van der Waals surface area (Å²) in [6, 6.07) is 13.5. The summed E-state index contributed by atoms with van der Waals surface area (Å²) in [4.78, 5) is 13.0. The Morgan fingerprint density at radius 3 is 2.80 bits per heavy atom. The van der Waals surface area contributed by atoms with Crippen molar-refractivity contribution in [3.8, 4) is 11.4 Å². The number of rotatable bonds is 6. The van der Waals surface area contributed by atoms with E-state index in [1.807, 2.05) is 56.3 Å². The molecule has 1 saturated heterocycles. The standard InChI is InChI=1S/C23H24BrN3O3/c1-15-5-10-21(22(12-15)30-14-19-4-3-11-29-19)26-23(28)20-13-25-27(16(20)2)18-8-6-17(24)7-9-18/h5-10,12-13,19H,3-4,11,14H2,1-2H3,(H,26,28). The van der Waals surface area contributed by atoms with Crippen molar-refractivity contribution in [3.05, 3.63) is 70.0 Å². The number of carbonyl (C=O) groups is 1. The molecule has 1 aliphatic rings. The van der Waals surface area contributed by atoms with E-state index in [9.17, 15) is 4.79 Å². The molecule has 3 aromatic rings. The first kappa shape index (κ1) is 20.6. The van der Waals surface area contributed by atoms with Crippen LogP contribution < -0.4 is 10.1 Å². The second-order valence-corrected chi connectivity index (χ2v) is 8.35. The van der Waals surface area contributed by atoms with Crippen molar-refractivity contribution in [2.24, 2.45) is 0 Å². The average Bonchev–Trinajstić information content (AvgIpc) is 3.38. The molecule has 0 saturated carbocycles. The molecule has 30 heavy (non-hydrogen) atoms. The zero-order chi connectivity index (χ0) is 21.1. The highest BCUT2D eigenvalue weighted by Gasteiger charge is 2.19. The highest BCUT2D eigenvalue weighted by molar-refractivity contribution is 9.10. The molecule has 1 amide bonds. The van der Waals surface area contributed by atoms with Crippen LogP contribution >= 0.6 is 15.9 Å². The predicted molar refractivity (Wildman–Crippen MR) is 120 cm³/mol. The molecule has 1 unspecified atom stereocenters. The van der Waals surface area contributed by atoms with E-state index in [0.29, 0.717) is 23.6 Å². The first-order valence-corrected chi connectivity index (χ1v) is 10.8. The summed E-state index contributed by atoms with van der Waals surface area (Å²) in [6.07, 6.45) is 3.77. The van der Waals surface area contributed by atoms with Crippen LogP contribution in [0.2, 0.25) is 0 Å². The number of nitrogens with one attached hydrogen (secondary N) is 1. The van der Waals surface area contributed by atoms with Gasteiger partial charge in [-0.3, -0.25) is 4.79 Å². The van der Waals surface area contributed by atoms with Crippen LogP contribution in [0.15, 0.2) is 53.1 Å². The molecule has 7 heteroatoms. The summed E-state index contributed by atoms with van der Waals surface area (Å²) in [7, 11) is 0. The number of hydrogen-bond acceptors (Lipinski definition) is 4. The molecule has 156 valence electrons. The molecule has 1 aromatic heterocycles. The number of ether oxygens (including phenoxy) is 2. The minimum absolute atomic E-state index is 0.112. The third-order valence-corrected chi connectivity index (χ3v) is 5.69. The molecule has 1 atom stereocenters. The van der Waals surface area contributed by atoms with Crippen LogP contribution in [0, 0.1) is 13.8 Å². The van der Waals surface area contributed by atoms with E-state index in [4.69, 9.17) is 9.47 Å². The summed E-state index contributed by atoms with van der Waals surface area (Å²) >= 11 is 3.43. The third-order valence-electron chi connectivity index (χ3n) is 5.16. The number of nitrogens with zero attached hydrogens (tertiary/aromatic N) is 2. The lowest BCUT2D eigenvalue weighted by molar-refractivity contribution is 0.0681. The van der Waals surface area contributed by atoms with E-state index in [1.54, 1.807) is 10.9 Å². The Labute approximate surface area is 184 Å². The van der Waals surface area contributed by atoms with Gasteiger partial charge < -0.3 is 14.8 Å². The van der Waals surface area contributed by atoms with E-state index in [2.05, 4.69) is 26.3 Å². The Bertz CT molecular complexity index is 1040. The molecular formula is C23H24BrN3O3. The van der Waals surface area contributed by atoms with Crippen LogP contribution in [0.3, 0.4) is 0 Å². The van der Waals surface area contributed by atoms with E-state index < -0.39 is 0 Å². The molecule has 4 rings (SSSR count). The summed E-state index contributed by atoms with van der Waals surface area (Å²) in [5, 5.41) is 7.37. The monoisotopic (exact) mass is 469 g/mol. The fourth-order valence-electron chi connectivity index (χ4n) is 3.48. The number of carbonyl (C=O) groups excluding carboxylic acids is 1. The largest absolute Gasteiger partial charge is 0.489 e. The van der Waals surface area contributed by atoms with Crippen LogP contribution in [0.4, 0.5) is 5.69 Å². The quantitative estimate of drug-likeness (QED) is 0.547. The Hall–Kier alpha value is -2.64. The number of halogens is 1. The van der Waals surface area contributed by atoms with Gasteiger partial charge in [0.15, 0.2) is 0 Å². The molecule has 2 heterocycles. The van der Waals surface area contributed by atoms with Crippen LogP contribution in [0.25, 0.3) is 5.69 Å². The van der Waals surface area contributed by atoms with Crippen molar-refractivity contribution in [3.63, 3.8) is 0 Å². The van der Waals surface area contributed by atoms with Gasteiger partial charge in [-0.1, -0.05) is 22.0 Å². The lowest BCUT2D eigenvalue weighted by atomic mass is 10.2. The summed E-state index contributed by atoms with van der Waals surface area (Å²) in [5.74, 6) is 0.429. The van der Waals surface area contributed by atoms with Gasteiger partial charge in [0.2, 0.25) is 0 Å². The second-order valence-electron chi connectivity index (χ2n) is 7.43. The van der Waals surface area contributed by atoms with Crippen LogP contribution in [0.1, 0.15) is 34.5 Å². The van der Waals surface area contributed by atoms with Crippen LogP contribution in [-0.4, -0.2) is 35.0 Å². The molecule has 1 N–H and O–H groups in total. The Kier molecular flexibility index (Phi) is 6.20. The average molecular weight is 470 g/mol. The van der Waals surface area contributed by atoms with Gasteiger partial charge in [-0.2, -0.15) is 5.10 Å². The lowest BCUT2D eigenvalue weighted by Gasteiger charge is -2.16. The van der Waals surface area contributed by atoms with Gasteiger partial charge in [-0.05, 0) is 68.7 Å². The zero-order valence-electron chi connectivity index (χ0n) is 17.0. The number of amides is 1. The van der Waals surface area contributed by atoms with Crippen LogP contribution in [0.5, 0.6) is 5.75 Å². The molecule has 0 bridgehead atoms. The van der Waals surface area contributed by atoms with E-state index in [0.717, 1.165) is 40.9 Å². The molecule has 0 aliphatic carbocycles. The van der Waals surface area contributed by atoms with Crippen molar-refractivity contribution in [1.29, 1.82) is 0 Å². The number of anilines is 1. The maximum absolute atomic E-state index is 13.0. The van der Waals surface area contributed by atoms with Crippen LogP contribution in [-0.2, 0) is 4.74 Å². The van der Waals surface area contributed by atoms with Gasteiger partial charge in [-0.25, -0.2) is 4.68 Å². The molecule has 6 nitrogen and oxygen atoms in total. The van der Waals surface area contributed by atoms with E-state index in [1.165, 1.54) is 0 Å².